The Hall–Kier alpha value is -2.78. The number of hydrogen-bond donors (Lipinski definition) is 1. The third-order valence-corrected chi connectivity index (χ3v) is 6.83. The highest BCUT2D eigenvalue weighted by Gasteiger charge is 2.28. The summed E-state index contributed by atoms with van der Waals surface area (Å²) in [6.07, 6.45) is 1.28. The third kappa shape index (κ3) is 5.48. The zero-order chi connectivity index (χ0) is 21.8. The van der Waals surface area contributed by atoms with Crippen molar-refractivity contribution < 1.29 is 14.3 Å². The van der Waals surface area contributed by atoms with Crippen LogP contribution in [0.3, 0.4) is 0 Å². The second-order valence-corrected chi connectivity index (χ2v) is 9.44. The molecule has 1 fully saturated rings. The molecule has 4 rings (SSSR count). The molecule has 2 amide bonds. The number of carbonyl (C=O) groups is 2. The van der Waals surface area contributed by atoms with Crippen molar-refractivity contribution in [3.8, 4) is 5.75 Å². The van der Waals surface area contributed by atoms with E-state index >= 15 is 0 Å². The molecule has 0 bridgehead atoms. The molecule has 7 nitrogen and oxygen atoms in total. The highest BCUT2D eigenvalue weighted by Crippen LogP contribution is 2.24. The van der Waals surface area contributed by atoms with Crippen molar-refractivity contribution >= 4 is 39.6 Å². The van der Waals surface area contributed by atoms with Gasteiger partial charge in [0, 0.05) is 35.3 Å². The first-order valence-electron chi connectivity index (χ1n) is 10.1. The predicted octanol–water partition coefficient (Wildman–Crippen LogP) is 4.29. The van der Waals surface area contributed by atoms with Gasteiger partial charge in [0.25, 0.3) is 5.91 Å². The minimum atomic E-state index is -0.107. The van der Waals surface area contributed by atoms with Crippen molar-refractivity contribution in [2.24, 2.45) is 5.92 Å². The van der Waals surface area contributed by atoms with Crippen LogP contribution in [0.1, 0.15) is 39.6 Å². The first-order valence-corrected chi connectivity index (χ1v) is 11.9. The van der Waals surface area contributed by atoms with Gasteiger partial charge in [-0.3, -0.25) is 9.59 Å². The standard InChI is InChI=1S/C22H24N4O3S2/c1-14-12-31-22(23-14)25-20(27)16-6-8-26(9-7-16)21(28)17-4-3-5-19(10-17)29-11-18-13-30-15(2)24-18/h3-5,10,12-13,16H,6-9,11H2,1-2H3,(H,23,25,27). The maximum Gasteiger partial charge on any atom is 0.253 e. The first-order chi connectivity index (χ1) is 15.0. The van der Waals surface area contributed by atoms with Crippen LogP contribution < -0.4 is 10.1 Å². The Balaban J connectivity index is 1.30. The maximum absolute atomic E-state index is 13.0. The average molecular weight is 457 g/mol. The molecule has 0 atom stereocenters. The summed E-state index contributed by atoms with van der Waals surface area (Å²) in [4.78, 5) is 35.9. The highest BCUT2D eigenvalue weighted by atomic mass is 32.1. The lowest BCUT2D eigenvalue weighted by Gasteiger charge is -2.31. The number of amides is 2. The van der Waals surface area contributed by atoms with Crippen molar-refractivity contribution in [3.05, 3.63) is 57.0 Å². The van der Waals surface area contributed by atoms with Gasteiger partial charge in [0.05, 0.1) is 16.4 Å². The van der Waals surface area contributed by atoms with Crippen molar-refractivity contribution in [2.75, 3.05) is 18.4 Å². The second-order valence-electron chi connectivity index (χ2n) is 7.52. The Morgan fingerprint density at radius 1 is 1.16 bits per heavy atom. The normalized spacial score (nSPS) is 14.5. The molecule has 0 radical (unpaired) electrons. The topological polar surface area (TPSA) is 84.4 Å². The summed E-state index contributed by atoms with van der Waals surface area (Å²) in [6, 6.07) is 7.23. The minimum absolute atomic E-state index is 0.0193. The van der Waals surface area contributed by atoms with E-state index in [1.807, 2.05) is 36.7 Å². The number of nitrogens with zero attached hydrogens (tertiary/aromatic N) is 3. The second kappa shape index (κ2) is 9.57. The molecule has 2 aromatic heterocycles. The van der Waals surface area contributed by atoms with Crippen LogP contribution in [-0.2, 0) is 11.4 Å². The van der Waals surface area contributed by atoms with Gasteiger partial charge in [-0.15, -0.1) is 22.7 Å². The van der Waals surface area contributed by atoms with E-state index < -0.39 is 0 Å². The molecule has 1 N–H and O–H groups in total. The molecule has 3 heterocycles. The van der Waals surface area contributed by atoms with Crippen LogP contribution in [0.15, 0.2) is 35.0 Å². The summed E-state index contributed by atoms with van der Waals surface area (Å²) in [5.74, 6) is 0.479. The summed E-state index contributed by atoms with van der Waals surface area (Å²) >= 11 is 3.01. The summed E-state index contributed by atoms with van der Waals surface area (Å²) < 4.78 is 5.81. The van der Waals surface area contributed by atoms with Gasteiger partial charge < -0.3 is 15.0 Å². The fraction of sp³-hybridized carbons (Fsp3) is 0.364. The van der Waals surface area contributed by atoms with E-state index in [0.29, 0.717) is 49.0 Å². The van der Waals surface area contributed by atoms with Crippen LogP contribution >= 0.6 is 22.7 Å². The largest absolute Gasteiger partial charge is 0.487 e. The van der Waals surface area contributed by atoms with E-state index in [1.54, 1.807) is 28.4 Å². The zero-order valence-electron chi connectivity index (χ0n) is 17.5. The summed E-state index contributed by atoms with van der Waals surface area (Å²) in [5, 5.41) is 8.40. The van der Waals surface area contributed by atoms with E-state index in [2.05, 4.69) is 15.3 Å². The highest BCUT2D eigenvalue weighted by molar-refractivity contribution is 7.13. The molecule has 31 heavy (non-hydrogen) atoms. The smallest absolute Gasteiger partial charge is 0.253 e. The van der Waals surface area contributed by atoms with Gasteiger partial charge in [0.2, 0.25) is 5.91 Å². The number of hydrogen-bond acceptors (Lipinski definition) is 7. The average Bonchev–Trinajstić information content (AvgIpc) is 3.39. The number of ether oxygens (including phenoxy) is 1. The number of rotatable bonds is 6. The van der Waals surface area contributed by atoms with Crippen molar-refractivity contribution in [1.82, 2.24) is 14.9 Å². The van der Waals surface area contributed by atoms with Crippen LogP contribution in [0, 0.1) is 19.8 Å². The predicted molar refractivity (Wildman–Crippen MR) is 122 cm³/mol. The number of nitrogens with one attached hydrogen (secondary N) is 1. The number of benzene rings is 1. The molecular weight excluding hydrogens is 432 g/mol. The number of aromatic nitrogens is 2. The van der Waals surface area contributed by atoms with Gasteiger partial charge in [-0.05, 0) is 44.9 Å². The van der Waals surface area contributed by atoms with Crippen LogP contribution in [0.4, 0.5) is 5.13 Å². The SMILES string of the molecule is Cc1csc(NC(=O)C2CCN(C(=O)c3cccc(OCc4csc(C)n4)c3)CC2)n1. The number of carbonyl (C=O) groups excluding carboxylic acids is 2. The van der Waals surface area contributed by atoms with Crippen molar-refractivity contribution in [3.63, 3.8) is 0 Å². The monoisotopic (exact) mass is 456 g/mol. The van der Waals surface area contributed by atoms with Gasteiger partial charge in [-0.1, -0.05) is 6.07 Å². The molecule has 1 aliphatic heterocycles. The Labute approximate surface area is 189 Å². The van der Waals surface area contributed by atoms with Crippen molar-refractivity contribution in [1.29, 1.82) is 0 Å². The zero-order valence-corrected chi connectivity index (χ0v) is 19.1. The molecule has 9 heteroatoms. The molecule has 1 saturated heterocycles. The Morgan fingerprint density at radius 3 is 2.65 bits per heavy atom. The summed E-state index contributed by atoms with van der Waals surface area (Å²) in [6.45, 7) is 5.34. The van der Waals surface area contributed by atoms with Crippen LogP contribution in [-0.4, -0.2) is 39.8 Å². The van der Waals surface area contributed by atoms with Gasteiger partial charge in [-0.2, -0.15) is 0 Å². The fourth-order valence-corrected chi connectivity index (χ4v) is 4.79. The molecule has 162 valence electrons. The number of likely N-dealkylation sites (tertiary alicyclic amines) is 1. The summed E-state index contributed by atoms with van der Waals surface area (Å²) in [5.41, 5.74) is 2.37. The Bertz CT molecular complexity index is 1070. The molecule has 0 unspecified atom stereocenters. The van der Waals surface area contributed by atoms with Gasteiger partial charge in [-0.25, -0.2) is 9.97 Å². The van der Waals surface area contributed by atoms with E-state index in [1.165, 1.54) is 11.3 Å². The lowest BCUT2D eigenvalue weighted by Crippen LogP contribution is -2.41. The number of aryl methyl sites for hydroxylation is 2. The number of thiazole rings is 2. The fourth-order valence-electron chi connectivity index (χ4n) is 3.50. The molecule has 3 aromatic rings. The summed E-state index contributed by atoms with van der Waals surface area (Å²) in [7, 11) is 0. The van der Waals surface area contributed by atoms with E-state index in [-0.39, 0.29) is 17.7 Å². The van der Waals surface area contributed by atoms with Crippen LogP contribution in [0.25, 0.3) is 0 Å². The first kappa shape index (κ1) is 21.5. The van der Waals surface area contributed by atoms with Crippen LogP contribution in [0.5, 0.6) is 5.75 Å². The Morgan fingerprint density at radius 2 is 1.97 bits per heavy atom. The van der Waals surface area contributed by atoms with Gasteiger partial charge >= 0.3 is 0 Å². The molecule has 1 aliphatic rings. The van der Waals surface area contributed by atoms with E-state index in [0.717, 1.165) is 16.4 Å². The molecule has 0 saturated carbocycles. The Kier molecular flexibility index (Phi) is 6.62. The van der Waals surface area contributed by atoms with Gasteiger partial charge in [0.1, 0.15) is 12.4 Å². The lowest BCUT2D eigenvalue weighted by atomic mass is 9.95. The van der Waals surface area contributed by atoms with Crippen LogP contribution in [0.2, 0.25) is 0 Å². The van der Waals surface area contributed by atoms with Crippen molar-refractivity contribution in [2.45, 2.75) is 33.3 Å². The van der Waals surface area contributed by atoms with E-state index in [4.69, 9.17) is 4.74 Å². The molecule has 0 spiro atoms. The molecule has 0 aliphatic carbocycles. The quantitative estimate of drug-likeness (QED) is 0.598. The molecular formula is C22H24N4O3S2. The minimum Gasteiger partial charge on any atom is -0.487 e. The van der Waals surface area contributed by atoms with Gasteiger partial charge in [0.15, 0.2) is 5.13 Å². The van der Waals surface area contributed by atoms with E-state index in [9.17, 15) is 9.59 Å². The molecule has 1 aromatic carbocycles. The lowest BCUT2D eigenvalue weighted by molar-refractivity contribution is -0.121. The number of piperidine rings is 1. The third-order valence-electron chi connectivity index (χ3n) is 5.14. The maximum atomic E-state index is 13.0. The number of anilines is 1.